The lowest BCUT2D eigenvalue weighted by Gasteiger charge is -2.32. The van der Waals surface area contributed by atoms with E-state index in [1.807, 2.05) is 55.2 Å². The van der Waals surface area contributed by atoms with Gasteiger partial charge in [-0.1, -0.05) is 13.8 Å². The minimum Gasteiger partial charge on any atom is -0.366 e. The molecular weight excluding hydrogens is 1060 g/mol. The molecule has 12 nitrogen and oxygen atoms in total. The number of pyridine rings is 3. The Labute approximate surface area is 477 Å². The molecule has 3 fully saturated rings. The quantitative estimate of drug-likeness (QED) is 0.0491. The molecule has 7 aromatic rings. The number of aromatic nitrogens is 5. The predicted octanol–water partition coefficient (Wildman–Crippen LogP) is 15.6. The number of H-pyrrole nitrogens is 1. The lowest BCUT2D eigenvalue weighted by Crippen LogP contribution is -2.30. The second-order valence-electron chi connectivity index (χ2n) is 18.0. The van der Waals surface area contributed by atoms with E-state index in [1.54, 1.807) is 73.2 Å². The van der Waals surface area contributed by atoms with Gasteiger partial charge in [-0.3, -0.25) is 29.6 Å². The predicted molar refractivity (Wildman–Crippen MR) is 324 cm³/mol. The number of piperidine rings is 3. The zero-order valence-corrected chi connectivity index (χ0v) is 46.8. The van der Waals surface area contributed by atoms with Gasteiger partial charge in [-0.05, 0) is 209 Å². The number of nitrogens with zero attached hydrogens (tertiary/aromatic N) is 6. The molecule has 18 heteroatoms. The maximum atomic E-state index is 13.3. The molecule has 3 aliphatic rings. The molecule has 79 heavy (non-hydrogen) atoms. The highest BCUT2D eigenvalue weighted by molar-refractivity contribution is 8.22. The summed E-state index contributed by atoms with van der Waals surface area (Å²) in [5, 5.41) is 12.0. The molecule has 0 amide bonds. The van der Waals surface area contributed by atoms with Gasteiger partial charge in [0.25, 0.3) is 0 Å². The molecule has 4 aromatic heterocycles. The molecule has 0 radical (unpaired) electrons. The molecular formula is C61H73F3N10O2S3. The van der Waals surface area contributed by atoms with Gasteiger partial charge in [0.05, 0.1) is 26.1 Å². The van der Waals surface area contributed by atoms with Gasteiger partial charge in [0.2, 0.25) is 0 Å². The summed E-state index contributed by atoms with van der Waals surface area (Å²) in [6.07, 6.45) is 27.5. The van der Waals surface area contributed by atoms with Crippen molar-refractivity contribution in [2.45, 2.75) is 65.2 Å². The third kappa shape index (κ3) is 18.3. The first-order valence-electron chi connectivity index (χ1n) is 25.9. The normalized spacial score (nSPS) is 14.1. The van der Waals surface area contributed by atoms with Gasteiger partial charge in [0.1, 0.15) is 17.5 Å². The molecule has 10 rings (SSSR count). The molecule has 0 spiro atoms. The third-order valence-corrected chi connectivity index (χ3v) is 15.9. The summed E-state index contributed by atoms with van der Waals surface area (Å²) in [5.41, 5.74) is 17.9. The molecule has 0 bridgehead atoms. The number of allylic oxidation sites excluding steroid dienone is 2. The summed E-state index contributed by atoms with van der Waals surface area (Å²) < 4.78 is 40.5. The number of hydrogen-bond donors (Lipinski definition) is 4. The van der Waals surface area contributed by atoms with Crippen molar-refractivity contribution in [3.05, 3.63) is 195 Å². The number of Topliss-reactive ketones (excluding diaryl/α,β-unsaturated/α-hetero) is 2. The van der Waals surface area contributed by atoms with Crippen LogP contribution in [0.5, 0.6) is 0 Å². The number of carbonyl (C=O) groups is 2. The molecule has 418 valence electrons. The topological polar surface area (TPSA) is 168 Å². The van der Waals surface area contributed by atoms with Crippen LogP contribution in [0, 0.1) is 28.5 Å². The molecule has 3 aliphatic heterocycles. The van der Waals surface area contributed by atoms with E-state index in [-0.39, 0.29) is 37.9 Å². The van der Waals surface area contributed by atoms with Crippen LogP contribution in [-0.4, -0.2) is 99.7 Å². The number of carbonyl (C=O) groups excluding carboxylic acids is 2. The number of hydrogen-bond acceptors (Lipinski definition) is 14. The van der Waals surface area contributed by atoms with Crippen LogP contribution in [0.25, 0.3) is 33.5 Å². The molecule has 0 saturated carbocycles. The van der Waals surface area contributed by atoms with Crippen LogP contribution in [0.1, 0.15) is 98.5 Å². The van der Waals surface area contributed by atoms with E-state index >= 15 is 0 Å². The molecule has 0 aliphatic carbocycles. The van der Waals surface area contributed by atoms with Crippen LogP contribution in [0.4, 0.5) is 19.0 Å². The average molecular weight is 1130 g/mol. The fourth-order valence-electron chi connectivity index (χ4n) is 9.08. The van der Waals surface area contributed by atoms with Gasteiger partial charge >= 0.3 is 0 Å². The fourth-order valence-corrected chi connectivity index (χ4v) is 11.4. The Morgan fingerprint density at radius 3 is 1.35 bits per heavy atom. The summed E-state index contributed by atoms with van der Waals surface area (Å²) in [4.78, 5) is 42.8. The molecule has 0 unspecified atom stereocenters. The number of ketones is 2. The van der Waals surface area contributed by atoms with Crippen LogP contribution in [-0.2, 0) is 0 Å². The van der Waals surface area contributed by atoms with Crippen molar-refractivity contribution in [1.29, 1.82) is 11.1 Å². The van der Waals surface area contributed by atoms with Crippen molar-refractivity contribution in [2.75, 3.05) is 62.9 Å². The molecule has 4 N–H and O–H groups in total. The summed E-state index contributed by atoms with van der Waals surface area (Å²) >= 11 is 4.65. The summed E-state index contributed by atoms with van der Waals surface area (Å²) in [6, 6.07) is 29.2. The summed E-state index contributed by atoms with van der Waals surface area (Å²) in [7, 11) is 0. The van der Waals surface area contributed by atoms with Crippen LogP contribution < -0.4 is 10.2 Å². The van der Waals surface area contributed by atoms with Gasteiger partial charge in [0.15, 0.2) is 17.4 Å². The minimum atomic E-state index is -0.351. The molecule has 0 atom stereocenters. The number of likely N-dealkylation sites (tertiary alicyclic amines) is 1. The standard InChI is InChI=1S/C20H21FN2OS.C19H19FN4.C16H14FNOS2.C5H11N.CH4.H2N2.H2/c1-25-20(23-13-3-2-4-14-23)18(15-9-11-22-12-10-15)19(24)16-5-7-17(21)8-6-16;20-16-6-4-15(5-7-16)18-17(14-8-10-21-11-9-14)19(23-22-18)24-12-2-1-3-13-24;1-20-16(21-2)14(11-7-9-18-10-8-11)15(19)12-3-5-13(17)6-4-12;1-2-4-6-5-3-1;;1-2;/h5-12H,2-4,13-14H2,1H3;4-11H,1-3,12-13H2,(H,22,23);3-10H,1-2H3;6H,1-5H2;1H4;1-2H;1H/b20-18+;;;;;;. The number of rotatable bonds is 13. The van der Waals surface area contributed by atoms with Crippen molar-refractivity contribution >= 4 is 63.8 Å². The zero-order chi connectivity index (χ0) is 55.5. The van der Waals surface area contributed by atoms with Crippen molar-refractivity contribution in [3.8, 4) is 22.4 Å². The Kier molecular flexibility index (Phi) is 27.3. The van der Waals surface area contributed by atoms with Crippen LogP contribution in [0.15, 0.2) is 156 Å². The van der Waals surface area contributed by atoms with Crippen LogP contribution in [0.2, 0.25) is 0 Å². The molecule has 7 heterocycles. The number of aromatic amines is 1. The van der Waals surface area contributed by atoms with Gasteiger partial charge in [0, 0.05) is 87.1 Å². The first-order valence-corrected chi connectivity index (χ1v) is 29.6. The Bertz CT molecular complexity index is 2960. The molecule has 3 saturated heterocycles. The number of anilines is 1. The van der Waals surface area contributed by atoms with Gasteiger partial charge in [-0.2, -0.15) is 5.10 Å². The Morgan fingerprint density at radius 2 is 0.924 bits per heavy atom. The van der Waals surface area contributed by atoms with E-state index in [4.69, 9.17) is 11.1 Å². The van der Waals surface area contributed by atoms with Crippen LogP contribution >= 0.6 is 35.3 Å². The first-order chi connectivity index (χ1) is 38.2. The Morgan fingerprint density at radius 1 is 0.506 bits per heavy atom. The van der Waals surface area contributed by atoms with Crippen molar-refractivity contribution in [3.63, 3.8) is 0 Å². The highest BCUT2D eigenvalue weighted by Gasteiger charge is 2.26. The lowest BCUT2D eigenvalue weighted by molar-refractivity contribution is 0.104. The van der Waals surface area contributed by atoms with E-state index < -0.39 is 0 Å². The van der Waals surface area contributed by atoms with Gasteiger partial charge < -0.3 is 15.1 Å². The number of benzene rings is 3. The smallest absolute Gasteiger partial charge is 0.196 e. The SMILES string of the molecule is C.C1CCNCC1.CS/C(=C(/C(=O)c1ccc(F)cc1)c1ccncc1)N1CCCCC1.CSC(SC)=C(C(=O)c1ccc(F)cc1)c1ccncc1.Fc1ccc(-c2[nH]nc(N3CCCCC3)c2-c2ccncc2)cc1.N=N.[HH]. The Hall–Kier alpha value is -6.86. The van der Waals surface area contributed by atoms with Crippen molar-refractivity contribution in [2.24, 2.45) is 0 Å². The van der Waals surface area contributed by atoms with E-state index in [0.717, 1.165) is 87.6 Å². The van der Waals surface area contributed by atoms with E-state index in [1.165, 1.54) is 130 Å². The van der Waals surface area contributed by atoms with Crippen molar-refractivity contribution in [1.82, 2.24) is 35.4 Å². The summed E-state index contributed by atoms with van der Waals surface area (Å²) in [6.45, 7) is 6.46. The van der Waals surface area contributed by atoms with Gasteiger partial charge in [-0.25, -0.2) is 24.2 Å². The first kappa shape index (κ1) is 63.0. The van der Waals surface area contributed by atoms with E-state index in [0.29, 0.717) is 22.3 Å². The highest BCUT2D eigenvalue weighted by atomic mass is 32.2. The van der Waals surface area contributed by atoms with Crippen LogP contribution in [0.3, 0.4) is 0 Å². The number of thioether (sulfide) groups is 3. The molecule has 3 aromatic carbocycles. The maximum Gasteiger partial charge on any atom is 0.196 e. The maximum absolute atomic E-state index is 13.3. The summed E-state index contributed by atoms with van der Waals surface area (Å²) in [5.74, 6) is -0.149. The number of halogens is 3. The Balaban J connectivity index is 0.000000239. The largest absolute Gasteiger partial charge is 0.366 e. The zero-order valence-electron chi connectivity index (χ0n) is 44.3. The van der Waals surface area contributed by atoms with Crippen molar-refractivity contribution < 1.29 is 24.2 Å². The third-order valence-electron chi connectivity index (χ3n) is 12.9. The fraction of sp³-hybridized carbons (Fsp3) is 0.311. The lowest BCUT2D eigenvalue weighted by atomic mass is 9.97. The monoisotopic (exact) mass is 1130 g/mol. The van der Waals surface area contributed by atoms with E-state index in [2.05, 4.69) is 40.3 Å². The van der Waals surface area contributed by atoms with Gasteiger partial charge in [-0.15, -0.1) is 35.3 Å². The number of nitrogens with one attached hydrogen (secondary N) is 4. The minimum absolute atomic E-state index is 0. The van der Waals surface area contributed by atoms with E-state index in [9.17, 15) is 22.8 Å². The second kappa shape index (κ2) is 34.2. The highest BCUT2D eigenvalue weighted by Crippen LogP contribution is 2.39. The second-order valence-corrected chi connectivity index (χ2v) is 20.7. The average Bonchev–Trinajstić information content (AvgIpc) is 4.05.